The summed E-state index contributed by atoms with van der Waals surface area (Å²) < 4.78 is 5.16. The molecule has 0 amide bonds. The number of allylic oxidation sites excluding steroid dienone is 2. The molecule has 2 atom stereocenters. The minimum atomic E-state index is -0.0857. The first kappa shape index (κ1) is 11.6. The molecule has 1 N–H and O–H groups in total. The van der Waals surface area contributed by atoms with Gasteiger partial charge in [0.1, 0.15) is 6.04 Å². The third-order valence-electron chi connectivity index (χ3n) is 3.31. The molecule has 0 saturated heterocycles. The molecule has 0 aromatic rings. The monoisotopic (exact) mass is 223 g/mol. The number of nitrogens with one attached hydrogen (secondary N) is 1. The van der Waals surface area contributed by atoms with Crippen LogP contribution in [0.25, 0.3) is 0 Å². The summed E-state index contributed by atoms with van der Waals surface area (Å²) in [4.78, 5) is 11.9. The topological polar surface area (TPSA) is 38.3 Å². The van der Waals surface area contributed by atoms with Crippen molar-refractivity contribution in [2.45, 2.75) is 51.1 Å². The molecule has 2 rings (SSSR count). The van der Waals surface area contributed by atoms with Gasteiger partial charge in [0.25, 0.3) is 0 Å². The van der Waals surface area contributed by atoms with Gasteiger partial charge in [0.05, 0.1) is 6.61 Å². The predicted octanol–water partition coefficient (Wildman–Crippen LogP) is 2.03. The second kappa shape index (κ2) is 5.48. The van der Waals surface area contributed by atoms with Gasteiger partial charge in [-0.15, -0.1) is 0 Å². The molecule has 1 saturated carbocycles. The molecule has 2 aliphatic carbocycles. The van der Waals surface area contributed by atoms with Crippen molar-refractivity contribution in [2.24, 2.45) is 5.92 Å². The Morgan fingerprint density at radius 1 is 1.44 bits per heavy atom. The first-order valence-corrected chi connectivity index (χ1v) is 6.39. The molecule has 0 bridgehead atoms. The van der Waals surface area contributed by atoms with Crippen molar-refractivity contribution >= 4 is 5.97 Å². The lowest BCUT2D eigenvalue weighted by atomic mass is 9.87. The quantitative estimate of drug-likeness (QED) is 0.572. The van der Waals surface area contributed by atoms with Crippen LogP contribution in [0.1, 0.15) is 39.0 Å². The maximum atomic E-state index is 11.9. The summed E-state index contributed by atoms with van der Waals surface area (Å²) in [5.41, 5.74) is 0. The highest BCUT2D eigenvalue weighted by molar-refractivity contribution is 5.76. The molecule has 2 aliphatic rings. The molecule has 90 valence electrons. The van der Waals surface area contributed by atoms with Crippen LogP contribution in [0.4, 0.5) is 0 Å². The number of ether oxygens (including phenoxy) is 1. The van der Waals surface area contributed by atoms with E-state index in [1.807, 2.05) is 6.92 Å². The highest BCUT2D eigenvalue weighted by Gasteiger charge is 2.34. The fourth-order valence-corrected chi connectivity index (χ4v) is 2.25. The largest absolute Gasteiger partial charge is 0.465 e. The van der Waals surface area contributed by atoms with Gasteiger partial charge in [-0.1, -0.05) is 12.2 Å². The maximum Gasteiger partial charge on any atom is 0.323 e. The summed E-state index contributed by atoms with van der Waals surface area (Å²) in [5, 5.41) is 3.44. The lowest BCUT2D eigenvalue weighted by Crippen LogP contribution is -2.45. The van der Waals surface area contributed by atoms with Crippen LogP contribution < -0.4 is 5.32 Å². The van der Waals surface area contributed by atoms with Gasteiger partial charge in [-0.3, -0.25) is 4.79 Å². The number of carbonyl (C=O) groups is 1. The standard InChI is InChI=1S/C13H21NO2/c1-2-16-13(15)12(14-11-8-9-11)10-6-4-3-5-7-10/h3-4,10-12,14H,2,5-9H2,1H3. The summed E-state index contributed by atoms with van der Waals surface area (Å²) in [5.74, 6) is 0.361. The molecule has 2 unspecified atom stereocenters. The fraction of sp³-hybridized carbons (Fsp3) is 0.769. The zero-order valence-corrected chi connectivity index (χ0v) is 9.95. The molecule has 3 nitrogen and oxygen atoms in total. The van der Waals surface area contributed by atoms with Crippen LogP contribution >= 0.6 is 0 Å². The van der Waals surface area contributed by atoms with Crippen molar-refractivity contribution in [3.05, 3.63) is 12.2 Å². The van der Waals surface area contributed by atoms with Crippen molar-refractivity contribution in [3.8, 4) is 0 Å². The molecule has 0 aliphatic heterocycles. The summed E-state index contributed by atoms with van der Waals surface area (Å²) in [6.07, 6.45) is 10.00. The van der Waals surface area contributed by atoms with E-state index in [0.29, 0.717) is 18.6 Å². The van der Waals surface area contributed by atoms with E-state index in [4.69, 9.17) is 4.74 Å². The first-order chi connectivity index (χ1) is 7.81. The lowest BCUT2D eigenvalue weighted by Gasteiger charge is -2.27. The van der Waals surface area contributed by atoms with Gasteiger partial charge in [-0.2, -0.15) is 0 Å². The Morgan fingerprint density at radius 2 is 2.25 bits per heavy atom. The van der Waals surface area contributed by atoms with Crippen LogP contribution in [0, 0.1) is 5.92 Å². The van der Waals surface area contributed by atoms with Crippen molar-refractivity contribution in [3.63, 3.8) is 0 Å². The number of esters is 1. The fourth-order valence-electron chi connectivity index (χ4n) is 2.25. The molecule has 1 fully saturated rings. The molecule has 16 heavy (non-hydrogen) atoms. The van der Waals surface area contributed by atoms with Gasteiger partial charge in [0.15, 0.2) is 0 Å². The van der Waals surface area contributed by atoms with Gasteiger partial charge < -0.3 is 10.1 Å². The van der Waals surface area contributed by atoms with Gasteiger partial charge in [-0.05, 0) is 44.9 Å². The Bertz CT molecular complexity index is 271. The molecule has 3 heteroatoms. The van der Waals surface area contributed by atoms with Crippen molar-refractivity contribution in [1.82, 2.24) is 5.32 Å². The zero-order valence-electron chi connectivity index (χ0n) is 9.95. The van der Waals surface area contributed by atoms with Gasteiger partial charge >= 0.3 is 5.97 Å². The first-order valence-electron chi connectivity index (χ1n) is 6.39. The molecule has 0 aromatic carbocycles. The second-order valence-corrected chi connectivity index (χ2v) is 4.72. The summed E-state index contributed by atoms with van der Waals surface area (Å²) in [7, 11) is 0. The number of hydrogen-bond donors (Lipinski definition) is 1. The predicted molar refractivity (Wildman–Crippen MR) is 63.1 cm³/mol. The normalized spacial score (nSPS) is 26.4. The van der Waals surface area contributed by atoms with E-state index in [2.05, 4.69) is 17.5 Å². The average molecular weight is 223 g/mol. The smallest absolute Gasteiger partial charge is 0.323 e. The molecule has 0 spiro atoms. The minimum Gasteiger partial charge on any atom is -0.465 e. The summed E-state index contributed by atoms with van der Waals surface area (Å²) in [6, 6.07) is 0.470. The minimum absolute atomic E-state index is 0.0605. The second-order valence-electron chi connectivity index (χ2n) is 4.72. The Hall–Kier alpha value is -0.830. The molecular formula is C13H21NO2. The van der Waals surface area contributed by atoms with E-state index in [1.54, 1.807) is 0 Å². The van der Waals surface area contributed by atoms with Crippen molar-refractivity contribution in [2.75, 3.05) is 6.61 Å². The van der Waals surface area contributed by atoms with E-state index in [1.165, 1.54) is 12.8 Å². The van der Waals surface area contributed by atoms with Crippen LogP contribution in [-0.4, -0.2) is 24.7 Å². The van der Waals surface area contributed by atoms with Crippen molar-refractivity contribution in [1.29, 1.82) is 0 Å². The summed E-state index contributed by atoms with van der Waals surface area (Å²) >= 11 is 0. The van der Waals surface area contributed by atoms with Gasteiger partial charge in [0.2, 0.25) is 0 Å². The van der Waals surface area contributed by atoms with Crippen LogP contribution in [0.3, 0.4) is 0 Å². The Balaban J connectivity index is 1.94. The average Bonchev–Trinajstić information content (AvgIpc) is 3.11. The van der Waals surface area contributed by atoms with Gasteiger partial charge in [-0.25, -0.2) is 0 Å². The van der Waals surface area contributed by atoms with Crippen LogP contribution in [0.15, 0.2) is 12.2 Å². The third kappa shape index (κ3) is 3.08. The number of carbonyl (C=O) groups excluding carboxylic acids is 1. The zero-order chi connectivity index (χ0) is 11.4. The van der Waals surface area contributed by atoms with E-state index in [0.717, 1.165) is 19.3 Å². The van der Waals surface area contributed by atoms with Gasteiger partial charge in [0, 0.05) is 6.04 Å². The number of hydrogen-bond acceptors (Lipinski definition) is 3. The Labute approximate surface area is 97.2 Å². The molecule has 0 heterocycles. The maximum absolute atomic E-state index is 11.9. The summed E-state index contributed by atoms with van der Waals surface area (Å²) in [6.45, 7) is 2.34. The van der Waals surface area contributed by atoms with E-state index in [-0.39, 0.29) is 12.0 Å². The lowest BCUT2D eigenvalue weighted by molar-refractivity contribution is -0.147. The Kier molecular flexibility index (Phi) is 3.99. The third-order valence-corrected chi connectivity index (χ3v) is 3.31. The Morgan fingerprint density at radius 3 is 2.81 bits per heavy atom. The van der Waals surface area contributed by atoms with E-state index in [9.17, 15) is 4.79 Å². The SMILES string of the molecule is CCOC(=O)C(NC1CC1)C1CC=CCC1. The van der Waals surface area contributed by atoms with E-state index >= 15 is 0 Å². The highest BCUT2D eigenvalue weighted by atomic mass is 16.5. The van der Waals surface area contributed by atoms with Crippen molar-refractivity contribution < 1.29 is 9.53 Å². The van der Waals surface area contributed by atoms with Crippen LogP contribution in [0.2, 0.25) is 0 Å². The van der Waals surface area contributed by atoms with Crippen LogP contribution in [-0.2, 0) is 9.53 Å². The van der Waals surface area contributed by atoms with E-state index < -0.39 is 0 Å². The van der Waals surface area contributed by atoms with Crippen LogP contribution in [0.5, 0.6) is 0 Å². The molecular weight excluding hydrogens is 202 g/mol. The number of rotatable bonds is 5. The highest BCUT2D eigenvalue weighted by Crippen LogP contribution is 2.27. The molecule has 0 aromatic heterocycles. The molecule has 0 radical (unpaired) electrons.